The molecule has 0 aromatic rings. The van der Waals surface area contributed by atoms with E-state index in [0.717, 1.165) is 0 Å². The van der Waals surface area contributed by atoms with Crippen molar-refractivity contribution >= 4 is 52.7 Å². The Hall–Kier alpha value is 1.03. The molecule has 0 unspecified atom stereocenters. The van der Waals surface area contributed by atoms with Crippen molar-refractivity contribution in [3.05, 3.63) is 0 Å². The van der Waals surface area contributed by atoms with Gasteiger partial charge in [-0.3, -0.25) is 0 Å². The zero-order valence-electron chi connectivity index (χ0n) is 4.19. The Balaban J connectivity index is -0.0000000720. The Labute approximate surface area is 79.7 Å². The Bertz CT molecular complexity index is 32.0. The molecule has 9 heavy (non-hydrogen) atoms. The summed E-state index contributed by atoms with van der Waals surface area (Å²) in [5.74, 6) is 0. The summed E-state index contributed by atoms with van der Waals surface area (Å²) in [5, 5.41) is 16.4. The van der Waals surface area contributed by atoms with Gasteiger partial charge in [0.25, 0.3) is 0 Å². The van der Waals surface area contributed by atoms with E-state index in [4.69, 9.17) is 10.0 Å². The Morgan fingerprint density at radius 3 is 0.778 bits per heavy atom. The fourth-order valence-electron chi connectivity index (χ4n) is 0. The molecule has 0 aliphatic carbocycles. The van der Waals surface area contributed by atoms with Crippen molar-refractivity contribution in [3.63, 3.8) is 0 Å². The molecule has 9 heteroatoms. The van der Waals surface area contributed by atoms with Crippen LogP contribution >= 0.6 is 0 Å². The van der Waals surface area contributed by atoms with E-state index in [1.807, 2.05) is 0 Å². The van der Waals surface area contributed by atoms with E-state index >= 15 is 0 Å². The third-order valence-corrected chi connectivity index (χ3v) is 0. The van der Waals surface area contributed by atoms with Crippen molar-refractivity contribution in [2.75, 3.05) is 0 Å². The van der Waals surface area contributed by atoms with Gasteiger partial charge in [0.05, 0.1) is 0 Å². The first-order valence-corrected chi connectivity index (χ1v) is 1.34. The van der Waals surface area contributed by atoms with E-state index in [2.05, 4.69) is 0 Å². The summed E-state index contributed by atoms with van der Waals surface area (Å²) in [6.07, 6.45) is 0. The monoisotopic (exact) mass is 170 g/mol. The largest absolute Gasteiger partial charge is 2.00 e. The van der Waals surface area contributed by atoms with Crippen molar-refractivity contribution < 1.29 is 27.3 Å². The molecule has 0 aromatic heterocycles. The summed E-state index contributed by atoms with van der Waals surface area (Å²) in [7, 11) is -6.83. The molecule has 48 valence electrons. The SMILES string of the molecule is [Ca+2].[O-]B(F)F.[O-]B(F)F. The maximum absolute atomic E-state index is 9.78. The normalized spacial score (nSPS) is 6.00. The fraction of sp³-hybridized carbons (Fsp3) is 0. The first-order valence-electron chi connectivity index (χ1n) is 1.34. The van der Waals surface area contributed by atoms with Gasteiger partial charge in [-0.2, -0.15) is 0 Å². The van der Waals surface area contributed by atoms with Crippen LogP contribution in [0.5, 0.6) is 0 Å². The van der Waals surface area contributed by atoms with E-state index in [0.29, 0.717) is 0 Å². The van der Waals surface area contributed by atoms with Crippen molar-refractivity contribution in [2.24, 2.45) is 0 Å². The van der Waals surface area contributed by atoms with Crippen molar-refractivity contribution in [3.8, 4) is 0 Å². The topological polar surface area (TPSA) is 46.1 Å². The van der Waals surface area contributed by atoms with Crippen molar-refractivity contribution in [1.82, 2.24) is 0 Å². The third kappa shape index (κ3) is 421. The zero-order chi connectivity index (χ0) is 7.15. The Morgan fingerprint density at radius 2 is 0.778 bits per heavy atom. The first-order chi connectivity index (χ1) is 3.46. The van der Waals surface area contributed by atoms with Gasteiger partial charge in [0, 0.05) is 0 Å². The van der Waals surface area contributed by atoms with Crippen LogP contribution in [0.3, 0.4) is 0 Å². The first kappa shape index (κ1) is 16.5. The van der Waals surface area contributed by atoms with Crippen LogP contribution in [0.2, 0.25) is 0 Å². The summed E-state index contributed by atoms with van der Waals surface area (Å²) in [4.78, 5) is 0. The maximum Gasteiger partial charge on any atom is 2.00 e. The molecule has 0 rings (SSSR count). The second-order valence-corrected chi connectivity index (χ2v) is 0.521. The average Bonchev–Trinajstić information content (AvgIpc) is 1.25. The zero-order valence-corrected chi connectivity index (χ0v) is 6.40. The molecule has 0 atom stereocenters. The molecular weight excluding hydrogens is 170 g/mol. The smallest absolute Gasteiger partial charge is 0.824 e. The number of hydrogen-bond donors (Lipinski definition) is 0. The minimum absolute atomic E-state index is 0. The van der Waals surface area contributed by atoms with Crippen LogP contribution in [0.4, 0.5) is 17.3 Å². The molecule has 0 spiro atoms. The number of hydrogen-bond acceptors (Lipinski definition) is 2. The molecule has 2 nitrogen and oxygen atoms in total. The standard InChI is InChI=1S/2BF2O.Ca/c2*2-1(3)4;/q2*-1;+2. The number of halogens is 4. The van der Waals surface area contributed by atoms with Gasteiger partial charge >= 0.3 is 52.7 Å². The molecule has 0 saturated carbocycles. The van der Waals surface area contributed by atoms with Gasteiger partial charge in [-0.05, 0) is 0 Å². The second kappa shape index (κ2) is 11.8. The second-order valence-electron chi connectivity index (χ2n) is 0.521. The quantitative estimate of drug-likeness (QED) is 0.316. The van der Waals surface area contributed by atoms with Gasteiger partial charge in [0.1, 0.15) is 0 Å². The third-order valence-electron chi connectivity index (χ3n) is 0. The minimum Gasteiger partial charge on any atom is -0.824 e. The predicted octanol–water partition coefficient (Wildman–Crippen LogP) is -1.84. The summed E-state index contributed by atoms with van der Waals surface area (Å²) >= 11 is 0. The van der Waals surface area contributed by atoms with Crippen molar-refractivity contribution in [2.45, 2.75) is 0 Å². The minimum atomic E-state index is -3.42. The van der Waals surface area contributed by atoms with E-state index in [9.17, 15) is 17.3 Å². The molecule has 0 N–H and O–H groups in total. The summed E-state index contributed by atoms with van der Waals surface area (Å²) in [6, 6.07) is 0. The molecule has 0 saturated heterocycles. The Kier molecular flexibility index (Phi) is 21.7. The average molecular weight is 170 g/mol. The summed E-state index contributed by atoms with van der Waals surface area (Å²) in [6.45, 7) is 0. The summed E-state index contributed by atoms with van der Waals surface area (Å²) < 4.78 is 39.1. The predicted molar refractivity (Wildman–Crippen MR) is 21.7 cm³/mol. The van der Waals surface area contributed by atoms with Gasteiger partial charge in [-0.25, -0.2) is 0 Å². The molecule has 0 aliphatic heterocycles. The van der Waals surface area contributed by atoms with Gasteiger partial charge < -0.3 is 27.3 Å². The molecule has 0 aliphatic rings. The maximum atomic E-state index is 9.78. The van der Waals surface area contributed by atoms with Crippen molar-refractivity contribution in [1.29, 1.82) is 0 Å². The number of rotatable bonds is 0. The van der Waals surface area contributed by atoms with Crippen LogP contribution in [-0.2, 0) is 0 Å². The van der Waals surface area contributed by atoms with Crippen LogP contribution in [0.25, 0.3) is 0 Å². The van der Waals surface area contributed by atoms with Crippen LogP contribution in [0.1, 0.15) is 0 Å². The van der Waals surface area contributed by atoms with E-state index in [-0.39, 0.29) is 37.7 Å². The van der Waals surface area contributed by atoms with Gasteiger partial charge in [-0.15, -0.1) is 0 Å². The van der Waals surface area contributed by atoms with Crippen LogP contribution < -0.4 is 10.0 Å². The molecule has 0 bridgehead atoms. The molecule has 0 amide bonds. The van der Waals surface area contributed by atoms with Crippen LogP contribution in [0, 0.1) is 0 Å². The molecule has 0 heterocycles. The molecule has 0 fully saturated rings. The summed E-state index contributed by atoms with van der Waals surface area (Å²) in [5.41, 5.74) is 0. The molecule has 0 radical (unpaired) electrons. The van der Waals surface area contributed by atoms with E-state index in [1.165, 1.54) is 0 Å². The van der Waals surface area contributed by atoms with E-state index < -0.39 is 14.9 Å². The van der Waals surface area contributed by atoms with Gasteiger partial charge in [0.15, 0.2) is 0 Å². The molecule has 0 aromatic carbocycles. The van der Waals surface area contributed by atoms with Crippen LogP contribution in [-0.4, -0.2) is 52.7 Å². The molecular formula is B2CaF4O2. The van der Waals surface area contributed by atoms with Gasteiger partial charge in [-0.1, -0.05) is 0 Å². The van der Waals surface area contributed by atoms with E-state index in [1.54, 1.807) is 0 Å². The van der Waals surface area contributed by atoms with Crippen LogP contribution in [0.15, 0.2) is 0 Å². The Morgan fingerprint density at radius 1 is 0.778 bits per heavy atom. The van der Waals surface area contributed by atoms with Gasteiger partial charge in [0.2, 0.25) is 0 Å². The fourth-order valence-corrected chi connectivity index (χ4v) is 0.